The van der Waals surface area contributed by atoms with E-state index in [9.17, 15) is 0 Å². The van der Waals surface area contributed by atoms with E-state index < -0.39 is 25.4 Å². The second-order valence-electron chi connectivity index (χ2n) is 3.95. The topological polar surface area (TPSA) is 115 Å². The fraction of sp³-hybridized carbons (Fsp3) is 1.00. The number of rotatable bonds is 7. The molecule has 0 radical (unpaired) electrons. The number of aliphatic hydroxyl groups excluding tert-OH is 4. The Morgan fingerprint density at radius 2 is 1.29 bits per heavy atom. The molecule has 4 N–H and O–H groups in total. The molecule has 2 aliphatic rings. The maximum absolute atomic E-state index is 8.47. The maximum Gasteiger partial charge on any atom is 0.105 e. The highest BCUT2D eigenvalue weighted by Crippen LogP contribution is 2.12. The molecule has 0 bridgehead atoms. The third-order valence-corrected chi connectivity index (χ3v) is 2.23. The Hall–Kier alpha value is -0.280. The molecule has 0 amide bonds. The molecule has 2 rings (SSSR count). The molecule has 0 aromatic carbocycles. The largest absolute Gasteiger partial charge is 0.394 e. The molecule has 2 fully saturated rings. The number of aliphatic hydroxyl groups is 4. The monoisotopic (exact) mass is 252 g/mol. The molecule has 0 aliphatic carbocycles. The second-order valence-corrected chi connectivity index (χ2v) is 3.95. The first-order valence-corrected chi connectivity index (χ1v) is 5.56. The van der Waals surface area contributed by atoms with Crippen molar-refractivity contribution >= 4 is 0 Å². The molecular formula is C10H20O7. The lowest BCUT2D eigenvalue weighted by atomic mass is 10.2. The Morgan fingerprint density at radius 3 is 1.53 bits per heavy atom. The quantitative estimate of drug-likeness (QED) is 0.370. The highest BCUT2D eigenvalue weighted by atomic mass is 16.6. The van der Waals surface area contributed by atoms with Gasteiger partial charge in [0.25, 0.3) is 0 Å². The Kier molecular flexibility index (Phi) is 6.90. The van der Waals surface area contributed by atoms with Crippen LogP contribution in [0.3, 0.4) is 0 Å². The molecule has 17 heavy (non-hydrogen) atoms. The predicted octanol–water partition coefficient (Wildman–Crippen LogP) is -2.51. The van der Waals surface area contributed by atoms with Crippen molar-refractivity contribution in [3.05, 3.63) is 0 Å². The van der Waals surface area contributed by atoms with Crippen LogP contribution in [0, 0.1) is 0 Å². The SMILES string of the molecule is C(OCC1CO1)C1CO1.OC[C@@H](O)[C@@H](O)CO. The van der Waals surface area contributed by atoms with Crippen molar-refractivity contribution in [1.29, 1.82) is 0 Å². The van der Waals surface area contributed by atoms with Gasteiger partial charge in [-0.3, -0.25) is 0 Å². The summed E-state index contributed by atoms with van der Waals surface area (Å²) in [6.07, 6.45) is -1.66. The molecule has 7 nitrogen and oxygen atoms in total. The van der Waals surface area contributed by atoms with Crippen LogP contribution in [-0.2, 0) is 14.2 Å². The minimum atomic E-state index is -1.22. The van der Waals surface area contributed by atoms with E-state index in [1.807, 2.05) is 0 Å². The van der Waals surface area contributed by atoms with Gasteiger partial charge < -0.3 is 34.6 Å². The van der Waals surface area contributed by atoms with E-state index >= 15 is 0 Å². The first kappa shape index (κ1) is 14.8. The Morgan fingerprint density at radius 1 is 0.941 bits per heavy atom. The summed E-state index contributed by atoms with van der Waals surface area (Å²) in [6, 6.07) is 0. The molecule has 0 aromatic heterocycles. The number of hydrogen-bond donors (Lipinski definition) is 4. The second kappa shape index (κ2) is 7.93. The van der Waals surface area contributed by atoms with Crippen LogP contribution in [0.25, 0.3) is 0 Å². The van der Waals surface area contributed by atoms with E-state index in [0.29, 0.717) is 12.2 Å². The van der Waals surface area contributed by atoms with Crippen molar-refractivity contribution in [1.82, 2.24) is 0 Å². The average molecular weight is 252 g/mol. The Balaban J connectivity index is 0.000000172. The van der Waals surface area contributed by atoms with Crippen molar-refractivity contribution < 1.29 is 34.6 Å². The van der Waals surface area contributed by atoms with Crippen LogP contribution in [0.15, 0.2) is 0 Å². The van der Waals surface area contributed by atoms with Crippen LogP contribution in [0.5, 0.6) is 0 Å². The van der Waals surface area contributed by atoms with Gasteiger partial charge in [0, 0.05) is 0 Å². The van der Waals surface area contributed by atoms with Crippen LogP contribution in [0.4, 0.5) is 0 Å². The standard InChI is InChI=1S/C6H10O3.C4H10O4/c1(5-3-8-5)7-2-6-4-9-6;5-1-3(7)4(8)2-6/h5-6H,1-4H2;3-8H,1-2H2/t;3-,4+. The van der Waals surface area contributed by atoms with Gasteiger partial charge in [0.2, 0.25) is 0 Å². The molecule has 2 heterocycles. The molecule has 4 atom stereocenters. The van der Waals surface area contributed by atoms with Gasteiger partial charge in [-0.25, -0.2) is 0 Å². The summed E-state index contributed by atoms with van der Waals surface area (Å²) in [5.41, 5.74) is 0. The lowest BCUT2D eigenvalue weighted by molar-refractivity contribution is -0.0388. The van der Waals surface area contributed by atoms with Crippen LogP contribution in [0.2, 0.25) is 0 Å². The van der Waals surface area contributed by atoms with Gasteiger partial charge in [-0.05, 0) is 0 Å². The predicted molar refractivity (Wildman–Crippen MR) is 56.5 cm³/mol. The van der Waals surface area contributed by atoms with Gasteiger partial charge in [0.15, 0.2) is 0 Å². The Labute approximate surface area is 99.5 Å². The zero-order valence-electron chi connectivity index (χ0n) is 9.57. The summed E-state index contributed by atoms with van der Waals surface area (Å²) in [5.74, 6) is 0. The normalized spacial score (nSPS) is 28.9. The molecule has 2 unspecified atom stereocenters. The van der Waals surface area contributed by atoms with Crippen molar-refractivity contribution in [2.75, 3.05) is 39.6 Å². The van der Waals surface area contributed by atoms with Gasteiger partial charge in [0.1, 0.15) is 24.4 Å². The molecule has 7 heteroatoms. The van der Waals surface area contributed by atoms with E-state index in [0.717, 1.165) is 26.4 Å². The summed E-state index contributed by atoms with van der Waals surface area (Å²) < 4.78 is 15.1. The third kappa shape index (κ3) is 7.61. The van der Waals surface area contributed by atoms with Gasteiger partial charge in [-0.15, -0.1) is 0 Å². The van der Waals surface area contributed by atoms with Gasteiger partial charge in [0.05, 0.1) is 39.6 Å². The zero-order valence-corrected chi connectivity index (χ0v) is 9.57. The summed E-state index contributed by atoms with van der Waals surface area (Å²) in [7, 11) is 0. The smallest absolute Gasteiger partial charge is 0.105 e. The van der Waals surface area contributed by atoms with Crippen molar-refractivity contribution in [2.45, 2.75) is 24.4 Å². The van der Waals surface area contributed by atoms with Gasteiger partial charge >= 0.3 is 0 Å². The first-order valence-electron chi connectivity index (χ1n) is 5.56. The van der Waals surface area contributed by atoms with Crippen LogP contribution >= 0.6 is 0 Å². The van der Waals surface area contributed by atoms with E-state index in [1.165, 1.54) is 0 Å². The molecule has 0 saturated carbocycles. The number of hydrogen-bond acceptors (Lipinski definition) is 7. The zero-order chi connectivity index (χ0) is 12.7. The molecule has 2 aliphatic heterocycles. The molecule has 0 aromatic rings. The third-order valence-electron chi connectivity index (χ3n) is 2.23. The van der Waals surface area contributed by atoms with E-state index in [1.54, 1.807) is 0 Å². The minimum absolute atomic E-state index is 0.392. The highest BCUT2D eigenvalue weighted by molar-refractivity contribution is 4.71. The summed E-state index contributed by atoms with van der Waals surface area (Å²) in [5, 5.41) is 33.2. The lowest BCUT2D eigenvalue weighted by Crippen LogP contribution is -2.31. The molecule has 2 saturated heterocycles. The number of ether oxygens (including phenoxy) is 3. The lowest BCUT2D eigenvalue weighted by Gasteiger charge is -2.10. The number of epoxide rings is 2. The van der Waals surface area contributed by atoms with E-state index in [4.69, 9.17) is 34.6 Å². The summed E-state index contributed by atoms with van der Waals surface area (Å²) >= 11 is 0. The van der Waals surface area contributed by atoms with Crippen molar-refractivity contribution in [3.8, 4) is 0 Å². The van der Waals surface area contributed by atoms with Crippen molar-refractivity contribution in [3.63, 3.8) is 0 Å². The Bertz CT molecular complexity index is 173. The average Bonchev–Trinajstić information content (AvgIpc) is 3.21. The van der Waals surface area contributed by atoms with Crippen molar-refractivity contribution in [2.24, 2.45) is 0 Å². The minimum Gasteiger partial charge on any atom is -0.394 e. The first-order chi connectivity index (χ1) is 8.17. The van der Waals surface area contributed by atoms with Crippen LogP contribution < -0.4 is 0 Å². The molecule has 102 valence electrons. The molecular weight excluding hydrogens is 232 g/mol. The fourth-order valence-electron chi connectivity index (χ4n) is 0.903. The summed E-state index contributed by atoms with van der Waals surface area (Å²) in [6.45, 7) is 2.21. The van der Waals surface area contributed by atoms with Crippen LogP contribution in [-0.4, -0.2) is 84.5 Å². The van der Waals surface area contributed by atoms with E-state index in [-0.39, 0.29) is 0 Å². The van der Waals surface area contributed by atoms with Gasteiger partial charge in [-0.1, -0.05) is 0 Å². The maximum atomic E-state index is 8.47. The molecule has 0 spiro atoms. The van der Waals surface area contributed by atoms with E-state index in [2.05, 4.69) is 0 Å². The van der Waals surface area contributed by atoms with Crippen LogP contribution in [0.1, 0.15) is 0 Å². The summed E-state index contributed by atoms with van der Waals surface area (Å²) in [4.78, 5) is 0. The van der Waals surface area contributed by atoms with Gasteiger partial charge in [-0.2, -0.15) is 0 Å². The fourth-order valence-corrected chi connectivity index (χ4v) is 0.903. The highest BCUT2D eigenvalue weighted by Gasteiger charge is 2.26.